The fraction of sp³-hybridized carbons (Fsp3) is 0.500. The molecule has 1 saturated carbocycles. The Hall–Kier alpha value is -1.95. The Balaban J connectivity index is 1.43. The van der Waals surface area contributed by atoms with Crippen molar-refractivity contribution in [1.29, 1.82) is 0 Å². The Kier molecular flexibility index (Phi) is 5.91. The number of nitrogens with one attached hydrogen (secondary N) is 1. The van der Waals surface area contributed by atoms with Gasteiger partial charge in [0, 0.05) is 24.8 Å². The second kappa shape index (κ2) is 8.42. The highest BCUT2D eigenvalue weighted by molar-refractivity contribution is 7.99. The van der Waals surface area contributed by atoms with Crippen molar-refractivity contribution in [1.82, 2.24) is 19.1 Å². The van der Waals surface area contributed by atoms with Gasteiger partial charge < -0.3 is 14.6 Å². The average Bonchev–Trinajstić information content (AvgIpc) is 3.46. The van der Waals surface area contributed by atoms with E-state index in [9.17, 15) is 13.2 Å². The highest BCUT2D eigenvalue weighted by atomic mass is 32.2. The summed E-state index contributed by atoms with van der Waals surface area (Å²) in [6, 6.07) is 5.39. The lowest BCUT2D eigenvalue weighted by Crippen LogP contribution is -2.40. The molecule has 2 heterocycles. The van der Waals surface area contributed by atoms with Gasteiger partial charge >= 0.3 is 0 Å². The largest absolute Gasteiger partial charge is 0.379 e. The van der Waals surface area contributed by atoms with E-state index in [1.807, 2.05) is 4.57 Å². The number of nitrogens with zero attached hydrogens (tertiary/aromatic N) is 4. The molecule has 1 aliphatic heterocycles. The molecule has 1 aliphatic carbocycles. The first kappa shape index (κ1) is 20.3. The molecule has 0 radical (unpaired) electrons. The van der Waals surface area contributed by atoms with Gasteiger partial charge in [0.2, 0.25) is 15.9 Å². The number of aromatic nitrogens is 3. The minimum atomic E-state index is -3.63. The third-order valence-electron chi connectivity index (χ3n) is 4.87. The van der Waals surface area contributed by atoms with E-state index in [1.165, 1.54) is 22.1 Å². The molecular weight excluding hydrogens is 414 g/mol. The number of anilines is 1. The Morgan fingerprint density at radius 1 is 1.31 bits per heavy atom. The topological polar surface area (TPSA) is 106 Å². The standard InChI is InChI=1S/C18H23N5O4S2/c1-13-2-3-14(10-16(13)29(25,26)22-6-8-27-9-7-22)20-17(24)11-28-18-21-19-12-23(18)15-4-5-15/h2-3,10,12,15H,4-9,11H2,1H3,(H,20,24). The number of hydrogen-bond acceptors (Lipinski definition) is 7. The number of carbonyl (C=O) groups is 1. The van der Waals surface area contributed by atoms with Crippen molar-refractivity contribution in [2.75, 3.05) is 37.4 Å². The SMILES string of the molecule is Cc1ccc(NC(=O)CSc2nncn2C2CC2)cc1S(=O)(=O)N1CCOCC1. The van der Waals surface area contributed by atoms with Crippen LogP contribution in [0.25, 0.3) is 0 Å². The van der Waals surface area contributed by atoms with Crippen LogP contribution in [0.3, 0.4) is 0 Å². The van der Waals surface area contributed by atoms with E-state index < -0.39 is 10.0 Å². The summed E-state index contributed by atoms with van der Waals surface area (Å²) in [5.41, 5.74) is 1.10. The Labute approximate surface area is 173 Å². The van der Waals surface area contributed by atoms with Gasteiger partial charge in [0.15, 0.2) is 5.16 Å². The summed E-state index contributed by atoms with van der Waals surface area (Å²) in [5.74, 6) is -0.0518. The number of rotatable bonds is 7. The summed E-state index contributed by atoms with van der Waals surface area (Å²) in [4.78, 5) is 12.6. The predicted octanol–water partition coefficient (Wildman–Crippen LogP) is 1.67. The molecule has 1 aromatic carbocycles. The summed E-state index contributed by atoms with van der Waals surface area (Å²) in [6.45, 7) is 3.18. The molecule has 11 heteroatoms. The fourth-order valence-electron chi connectivity index (χ4n) is 3.15. The first-order valence-corrected chi connectivity index (χ1v) is 11.9. The summed E-state index contributed by atoms with van der Waals surface area (Å²) in [6.07, 6.45) is 3.92. The summed E-state index contributed by atoms with van der Waals surface area (Å²) < 4.78 is 34.6. The predicted molar refractivity (Wildman–Crippen MR) is 108 cm³/mol. The highest BCUT2D eigenvalue weighted by Gasteiger charge is 2.28. The summed E-state index contributed by atoms with van der Waals surface area (Å²) >= 11 is 1.32. The van der Waals surface area contributed by atoms with Crippen LogP contribution in [0.5, 0.6) is 0 Å². The minimum Gasteiger partial charge on any atom is -0.379 e. The molecule has 0 bridgehead atoms. The van der Waals surface area contributed by atoms with Gasteiger partial charge in [-0.25, -0.2) is 8.42 Å². The molecule has 29 heavy (non-hydrogen) atoms. The maximum atomic E-state index is 13.0. The van der Waals surface area contributed by atoms with Crippen LogP contribution in [0, 0.1) is 6.92 Å². The van der Waals surface area contributed by atoms with Gasteiger partial charge in [0.1, 0.15) is 6.33 Å². The van der Waals surface area contributed by atoms with Crippen LogP contribution in [0.1, 0.15) is 24.4 Å². The maximum Gasteiger partial charge on any atom is 0.243 e. The lowest BCUT2D eigenvalue weighted by atomic mass is 10.2. The Bertz CT molecular complexity index is 997. The van der Waals surface area contributed by atoms with E-state index in [2.05, 4.69) is 15.5 Å². The van der Waals surface area contributed by atoms with Crippen LogP contribution in [0.4, 0.5) is 5.69 Å². The summed E-state index contributed by atoms with van der Waals surface area (Å²) in [7, 11) is -3.63. The molecule has 2 aliphatic rings. The molecule has 0 spiro atoms. The van der Waals surface area contributed by atoms with Crippen molar-refractivity contribution >= 4 is 33.4 Å². The van der Waals surface area contributed by atoms with Crippen molar-refractivity contribution in [2.45, 2.75) is 35.9 Å². The van der Waals surface area contributed by atoms with Gasteiger partial charge in [0.25, 0.3) is 0 Å². The molecule has 4 rings (SSSR count). The van der Waals surface area contributed by atoms with Gasteiger partial charge in [-0.2, -0.15) is 4.31 Å². The van der Waals surface area contributed by atoms with Crippen LogP contribution < -0.4 is 5.32 Å². The maximum absolute atomic E-state index is 13.0. The van der Waals surface area contributed by atoms with E-state index in [0.29, 0.717) is 43.6 Å². The molecule has 1 amide bonds. The molecule has 0 atom stereocenters. The third kappa shape index (κ3) is 4.63. The number of sulfonamides is 1. The zero-order valence-corrected chi connectivity index (χ0v) is 17.7. The minimum absolute atomic E-state index is 0.171. The molecule has 1 saturated heterocycles. The third-order valence-corrected chi connectivity index (χ3v) is 7.87. The lowest BCUT2D eigenvalue weighted by Gasteiger charge is -2.26. The Morgan fingerprint density at radius 2 is 2.07 bits per heavy atom. The van der Waals surface area contributed by atoms with Gasteiger partial charge in [-0.1, -0.05) is 17.8 Å². The quantitative estimate of drug-likeness (QED) is 0.657. The van der Waals surface area contributed by atoms with Crippen LogP contribution in [-0.2, 0) is 19.6 Å². The number of benzene rings is 1. The fourth-order valence-corrected chi connectivity index (χ4v) is 5.59. The molecule has 0 unspecified atom stereocenters. The second-order valence-electron chi connectivity index (χ2n) is 7.09. The number of carbonyl (C=O) groups excluding carboxylic acids is 1. The normalized spacial score (nSPS) is 18.0. The van der Waals surface area contributed by atoms with Crippen molar-refractivity contribution in [3.8, 4) is 0 Å². The first-order valence-electron chi connectivity index (χ1n) is 9.46. The monoisotopic (exact) mass is 437 g/mol. The molecular formula is C18H23N5O4S2. The van der Waals surface area contributed by atoms with Crippen molar-refractivity contribution in [3.05, 3.63) is 30.1 Å². The van der Waals surface area contributed by atoms with Crippen molar-refractivity contribution < 1.29 is 17.9 Å². The molecule has 1 N–H and O–H groups in total. The van der Waals surface area contributed by atoms with Gasteiger partial charge in [-0.05, 0) is 37.5 Å². The van der Waals surface area contributed by atoms with E-state index >= 15 is 0 Å². The Morgan fingerprint density at radius 3 is 2.79 bits per heavy atom. The highest BCUT2D eigenvalue weighted by Crippen LogP contribution is 2.37. The van der Waals surface area contributed by atoms with Crippen LogP contribution in [-0.4, -0.2) is 65.5 Å². The molecule has 156 valence electrons. The average molecular weight is 438 g/mol. The van der Waals surface area contributed by atoms with Crippen LogP contribution in [0.15, 0.2) is 34.6 Å². The zero-order chi connectivity index (χ0) is 20.4. The molecule has 9 nitrogen and oxygen atoms in total. The van der Waals surface area contributed by atoms with E-state index in [4.69, 9.17) is 4.74 Å². The molecule has 1 aromatic heterocycles. The number of aryl methyl sites for hydroxylation is 1. The van der Waals surface area contributed by atoms with Gasteiger partial charge in [-0.3, -0.25) is 4.79 Å². The number of amides is 1. The molecule has 2 aromatic rings. The first-order chi connectivity index (χ1) is 13.9. The number of ether oxygens (including phenoxy) is 1. The number of thioether (sulfide) groups is 1. The van der Waals surface area contributed by atoms with E-state index in [0.717, 1.165) is 18.0 Å². The van der Waals surface area contributed by atoms with Gasteiger partial charge in [-0.15, -0.1) is 10.2 Å². The van der Waals surface area contributed by atoms with E-state index in [-0.39, 0.29) is 16.6 Å². The smallest absolute Gasteiger partial charge is 0.243 e. The number of hydrogen-bond donors (Lipinski definition) is 1. The van der Waals surface area contributed by atoms with Crippen molar-refractivity contribution in [3.63, 3.8) is 0 Å². The molecule has 2 fully saturated rings. The van der Waals surface area contributed by atoms with Crippen LogP contribution in [0.2, 0.25) is 0 Å². The summed E-state index contributed by atoms with van der Waals surface area (Å²) in [5, 5.41) is 11.5. The lowest BCUT2D eigenvalue weighted by molar-refractivity contribution is -0.113. The van der Waals surface area contributed by atoms with Crippen molar-refractivity contribution in [2.24, 2.45) is 0 Å². The van der Waals surface area contributed by atoms with Crippen LogP contribution >= 0.6 is 11.8 Å². The number of morpholine rings is 1. The zero-order valence-electron chi connectivity index (χ0n) is 16.1. The van der Waals surface area contributed by atoms with E-state index in [1.54, 1.807) is 25.4 Å². The second-order valence-corrected chi connectivity index (χ2v) is 9.93. The van der Waals surface area contributed by atoms with Gasteiger partial charge in [0.05, 0.1) is 23.9 Å².